The molecule has 0 saturated carbocycles. The summed E-state index contributed by atoms with van der Waals surface area (Å²) >= 11 is 1.61. The van der Waals surface area contributed by atoms with Crippen LogP contribution in [-0.4, -0.2) is 22.3 Å². The normalized spacial score (nSPS) is 17.8. The largest absolute Gasteiger partial charge is 0.454 e. The maximum absolute atomic E-state index is 6.11. The molecule has 0 spiro atoms. The summed E-state index contributed by atoms with van der Waals surface area (Å²) in [4.78, 5) is 9.90. The minimum Gasteiger partial charge on any atom is -0.454 e. The van der Waals surface area contributed by atoms with Gasteiger partial charge in [-0.3, -0.25) is 4.98 Å². The van der Waals surface area contributed by atoms with Crippen LogP contribution in [0.25, 0.3) is 22.4 Å². The molecule has 27 heavy (non-hydrogen) atoms. The van der Waals surface area contributed by atoms with Crippen LogP contribution in [0.3, 0.4) is 0 Å². The highest BCUT2D eigenvalue weighted by Crippen LogP contribution is 2.29. The van der Waals surface area contributed by atoms with E-state index < -0.39 is 0 Å². The van der Waals surface area contributed by atoms with Gasteiger partial charge in [-0.15, -0.1) is 11.3 Å². The molecule has 136 valence electrons. The molecule has 1 aromatic carbocycles. The molecule has 3 aromatic heterocycles. The fourth-order valence-corrected chi connectivity index (χ4v) is 4.34. The van der Waals surface area contributed by atoms with Crippen LogP contribution in [-0.2, 0) is 11.3 Å². The van der Waals surface area contributed by atoms with Crippen LogP contribution >= 0.6 is 11.3 Å². The van der Waals surface area contributed by atoms with Gasteiger partial charge in [-0.2, -0.15) is 0 Å². The summed E-state index contributed by atoms with van der Waals surface area (Å²) in [6.07, 6.45) is 5.94. The number of nitrogens with zero attached hydrogens (tertiary/aromatic N) is 3. The van der Waals surface area contributed by atoms with E-state index in [1.165, 1.54) is 0 Å². The number of ether oxygens (including phenoxy) is 1. The zero-order valence-corrected chi connectivity index (χ0v) is 15.6. The topological polar surface area (TPSA) is 52.5 Å². The summed E-state index contributed by atoms with van der Waals surface area (Å²) in [6.45, 7) is 1.61. The molecule has 5 nitrogen and oxygen atoms in total. The summed E-state index contributed by atoms with van der Waals surface area (Å²) in [5, 5.41) is 3.22. The Kier molecular flexibility index (Phi) is 4.35. The Morgan fingerprint density at radius 3 is 3.00 bits per heavy atom. The average molecular weight is 377 g/mol. The van der Waals surface area contributed by atoms with Gasteiger partial charge in [0.1, 0.15) is 5.58 Å². The third kappa shape index (κ3) is 3.34. The second kappa shape index (κ2) is 7.13. The summed E-state index contributed by atoms with van der Waals surface area (Å²) in [6, 6.07) is 14.0. The monoisotopic (exact) mass is 377 g/mol. The molecule has 6 heteroatoms. The second-order valence-corrected chi connectivity index (χ2v) is 7.46. The number of para-hydroxylation sites is 1. The van der Waals surface area contributed by atoms with Gasteiger partial charge in [0.25, 0.3) is 0 Å². The first-order chi connectivity index (χ1) is 13.4. The first kappa shape index (κ1) is 16.5. The van der Waals surface area contributed by atoms with Crippen LogP contribution in [0.15, 0.2) is 69.6 Å². The summed E-state index contributed by atoms with van der Waals surface area (Å²) < 4.78 is 14.2. The van der Waals surface area contributed by atoms with E-state index in [0.29, 0.717) is 0 Å². The molecule has 1 unspecified atom stereocenters. The lowest BCUT2D eigenvalue weighted by atomic mass is 10.2. The molecule has 1 atom stereocenters. The fourth-order valence-electron chi connectivity index (χ4n) is 3.42. The Balaban J connectivity index is 1.63. The Morgan fingerprint density at radius 2 is 2.19 bits per heavy atom. The van der Waals surface area contributed by atoms with Crippen LogP contribution in [0, 0.1) is 0 Å². The third-order valence-corrected chi connectivity index (χ3v) is 5.62. The molecule has 1 saturated heterocycles. The maximum atomic E-state index is 6.11. The highest BCUT2D eigenvalue weighted by atomic mass is 32.1. The minimum absolute atomic E-state index is 0.218. The molecule has 0 bridgehead atoms. The predicted octanol–water partition coefficient (Wildman–Crippen LogP) is 4.77. The van der Waals surface area contributed by atoms with E-state index >= 15 is 0 Å². The van der Waals surface area contributed by atoms with Crippen molar-refractivity contribution in [1.82, 2.24) is 9.55 Å². The van der Waals surface area contributed by atoms with Crippen molar-refractivity contribution >= 4 is 28.0 Å². The van der Waals surface area contributed by atoms with Crippen molar-refractivity contribution in [2.75, 3.05) is 6.61 Å². The van der Waals surface area contributed by atoms with Gasteiger partial charge in [0, 0.05) is 23.6 Å². The maximum Gasteiger partial charge on any atom is 0.190 e. The lowest BCUT2D eigenvalue weighted by Crippen LogP contribution is -2.23. The van der Waals surface area contributed by atoms with Crippen LogP contribution < -0.4 is 4.80 Å². The Hall–Kier alpha value is -2.70. The fraction of sp³-hybridized carbons (Fsp3) is 0.238. The molecule has 0 aliphatic carbocycles. The van der Waals surface area contributed by atoms with E-state index in [0.717, 1.165) is 58.9 Å². The van der Waals surface area contributed by atoms with E-state index in [-0.39, 0.29) is 6.10 Å². The number of rotatable bonds is 4. The van der Waals surface area contributed by atoms with Gasteiger partial charge < -0.3 is 13.7 Å². The zero-order chi connectivity index (χ0) is 18.1. The van der Waals surface area contributed by atoms with E-state index in [1.807, 2.05) is 30.3 Å². The summed E-state index contributed by atoms with van der Waals surface area (Å²) in [5.41, 5.74) is 2.78. The molecule has 1 aliphatic heterocycles. The average Bonchev–Trinajstić information content (AvgIpc) is 3.43. The molecule has 0 N–H and O–H groups in total. The molecular formula is C21H19N3O2S. The number of hydrogen-bond acceptors (Lipinski definition) is 5. The molecule has 4 heterocycles. The zero-order valence-electron chi connectivity index (χ0n) is 14.7. The second-order valence-electron chi connectivity index (χ2n) is 6.62. The van der Waals surface area contributed by atoms with Gasteiger partial charge in [-0.1, -0.05) is 18.2 Å². The number of furan rings is 1. The van der Waals surface area contributed by atoms with Gasteiger partial charge in [0.2, 0.25) is 0 Å². The van der Waals surface area contributed by atoms with Gasteiger partial charge in [0.15, 0.2) is 10.6 Å². The number of fused-ring (bicyclic) bond motifs is 1. The smallest absolute Gasteiger partial charge is 0.190 e. The standard InChI is InChI=1S/C21H19N3O2S/c1-2-8-19-15(5-1)11-20(26-19)18-14-27-21(23-16-6-3-9-22-12-16)24(18)13-17-7-4-10-25-17/h1-3,5-6,8-9,11-12,14,17H,4,7,10,13H2. The van der Waals surface area contributed by atoms with Gasteiger partial charge in [-0.25, -0.2) is 4.99 Å². The molecular weight excluding hydrogens is 358 g/mol. The Labute approximate surface area is 160 Å². The molecule has 4 aromatic rings. The molecule has 0 radical (unpaired) electrons. The van der Waals surface area contributed by atoms with Gasteiger partial charge in [0.05, 0.1) is 30.2 Å². The first-order valence-electron chi connectivity index (χ1n) is 9.10. The van der Waals surface area contributed by atoms with Crippen LogP contribution in [0.2, 0.25) is 0 Å². The van der Waals surface area contributed by atoms with Gasteiger partial charge in [-0.05, 0) is 37.1 Å². The van der Waals surface area contributed by atoms with Crippen LogP contribution in [0.4, 0.5) is 5.69 Å². The van der Waals surface area contributed by atoms with E-state index in [4.69, 9.17) is 14.1 Å². The minimum atomic E-state index is 0.218. The number of pyridine rings is 1. The van der Waals surface area contributed by atoms with E-state index in [2.05, 4.69) is 27.1 Å². The highest BCUT2D eigenvalue weighted by molar-refractivity contribution is 7.07. The molecule has 0 amide bonds. The molecule has 1 fully saturated rings. The van der Waals surface area contributed by atoms with Crippen molar-refractivity contribution in [3.8, 4) is 11.5 Å². The lowest BCUT2D eigenvalue weighted by molar-refractivity contribution is 0.0967. The number of thiazole rings is 1. The summed E-state index contributed by atoms with van der Waals surface area (Å²) in [5.74, 6) is 0.859. The summed E-state index contributed by atoms with van der Waals surface area (Å²) in [7, 11) is 0. The third-order valence-electron chi connectivity index (χ3n) is 4.76. The van der Waals surface area contributed by atoms with E-state index in [9.17, 15) is 0 Å². The van der Waals surface area contributed by atoms with Crippen molar-refractivity contribution in [2.45, 2.75) is 25.5 Å². The van der Waals surface area contributed by atoms with Crippen molar-refractivity contribution < 1.29 is 9.15 Å². The number of aromatic nitrogens is 2. The Morgan fingerprint density at radius 1 is 1.22 bits per heavy atom. The molecule has 5 rings (SSSR count). The predicted molar refractivity (Wildman–Crippen MR) is 106 cm³/mol. The van der Waals surface area contributed by atoms with E-state index in [1.54, 1.807) is 23.7 Å². The Bertz CT molecular complexity index is 1090. The van der Waals surface area contributed by atoms with Crippen molar-refractivity contribution in [3.63, 3.8) is 0 Å². The first-order valence-corrected chi connectivity index (χ1v) is 9.98. The van der Waals surface area contributed by atoms with Crippen molar-refractivity contribution in [2.24, 2.45) is 4.99 Å². The highest BCUT2D eigenvalue weighted by Gasteiger charge is 2.20. The lowest BCUT2D eigenvalue weighted by Gasteiger charge is -2.12. The van der Waals surface area contributed by atoms with Crippen LogP contribution in [0.1, 0.15) is 12.8 Å². The quantitative estimate of drug-likeness (QED) is 0.515. The number of benzene rings is 1. The van der Waals surface area contributed by atoms with Crippen molar-refractivity contribution in [3.05, 3.63) is 65.0 Å². The van der Waals surface area contributed by atoms with Gasteiger partial charge >= 0.3 is 0 Å². The van der Waals surface area contributed by atoms with Crippen LogP contribution in [0.5, 0.6) is 0 Å². The number of hydrogen-bond donors (Lipinski definition) is 0. The van der Waals surface area contributed by atoms with Crippen molar-refractivity contribution in [1.29, 1.82) is 0 Å². The molecule has 1 aliphatic rings. The SMILES string of the molecule is c1cncc(N=c2scc(-c3cc4ccccc4o3)n2CC2CCCO2)c1.